The van der Waals surface area contributed by atoms with Gasteiger partial charge in [-0.15, -0.1) is 0 Å². The van der Waals surface area contributed by atoms with Crippen LogP contribution in [0.1, 0.15) is 11.1 Å². The van der Waals surface area contributed by atoms with Crippen LogP contribution < -0.4 is 0 Å². The van der Waals surface area contributed by atoms with Gasteiger partial charge < -0.3 is 10.2 Å². The number of phenolic OH excluding ortho intramolecular Hbond substituents is 2. The van der Waals surface area contributed by atoms with E-state index in [2.05, 4.69) is 4.98 Å². The first-order valence-corrected chi connectivity index (χ1v) is 6.28. The van der Waals surface area contributed by atoms with Crippen LogP contribution in [0.3, 0.4) is 0 Å². The molecule has 0 amide bonds. The average molecular weight is 263 g/mol. The predicted octanol–water partition coefficient (Wildman–Crippen LogP) is 3.82. The van der Waals surface area contributed by atoms with Crippen LogP contribution in [-0.2, 0) is 0 Å². The largest absolute Gasteiger partial charge is 0.508 e. The van der Waals surface area contributed by atoms with E-state index in [1.807, 2.05) is 42.5 Å². The Morgan fingerprint density at radius 1 is 0.850 bits per heavy atom. The molecule has 3 rings (SSSR count). The molecule has 0 saturated carbocycles. The SMILES string of the molecule is Oc1ccc(C=Cc2ccc(O)c3ncccc23)cc1. The van der Waals surface area contributed by atoms with Gasteiger partial charge >= 0.3 is 0 Å². The molecule has 0 saturated heterocycles. The van der Waals surface area contributed by atoms with Crippen LogP contribution in [0.2, 0.25) is 0 Å². The maximum atomic E-state index is 9.80. The van der Waals surface area contributed by atoms with E-state index in [4.69, 9.17) is 0 Å². The first-order valence-electron chi connectivity index (χ1n) is 6.28. The summed E-state index contributed by atoms with van der Waals surface area (Å²) in [6, 6.07) is 14.3. The molecule has 3 nitrogen and oxygen atoms in total. The first kappa shape index (κ1) is 12.2. The predicted molar refractivity (Wildman–Crippen MR) is 80.4 cm³/mol. The van der Waals surface area contributed by atoms with Crippen LogP contribution >= 0.6 is 0 Å². The second-order valence-corrected chi connectivity index (χ2v) is 4.50. The van der Waals surface area contributed by atoms with Crippen molar-refractivity contribution in [3.63, 3.8) is 0 Å². The number of nitrogens with zero attached hydrogens (tertiary/aromatic N) is 1. The molecule has 0 unspecified atom stereocenters. The number of aromatic hydroxyl groups is 2. The summed E-state index contributed by atoms with van der Waals surface area (Å²) in [6.07, 6.45) is 5.59. The van der Waals surface area contributed by atoms with Gasteiger partial charge in [0.15, 0.2) is 0 Å². The molecule has 0 aliphatic rings. The smallest absolute Gasteiger partial charge is 0.141 e. The highest BCUT2D eigenvalue weighted by atomic mass is 16.3. The summed E-state index contributed by atoms with van der Waals surface area (Å²) < 4.78 is 0. The Bertz CT molecular complexity index is 777. The van der Waals surface area contributed by atoms with Crippen LogP contribution in [0.25, 0.3) is 23.1 Å². The van der Waals surface area contributed by atoms with Gasteiger partial charge in [-0.2, -0.15) is 0 Å². The molecule has 98 valence electrons. The van der Waals surface area contributed by atoms with Gasteiger partial charge in [0, 0.05) is 11.6 Å². The number of hydrogen-bond acceptors (Lipinski definition) is 3. The van der Waals surface area contributed by atoms with Crippen molar-refractivity contribution >= 4 is 23.1 Å². The fourth-order valence-electron chi connectivity index (χ4n) is 2.10. The Kier molecular flexibility index (Phi) is 3.09. The van der Waals surface area contributed by atoms with Crippen molar-refractivity contribution in [3.8, 4) is 11.5 Å². The molecule has 0 aliphatic carbocycles. The third-order valence-electron chi connectivity index (χ3n) is 3.13. The van der Waals surface area contributed by atoms with Crippen molar-refractivity contribution in [2.24, 2.45) is 0 Å². The van der Waals surface area contributed by atoms with Gasteiger partial charge in [0.25, 0.3) is 0 Å². The summed E-state index contributed by atoms with van der Waals surface area (Å²) in [6.45, 7) is 0. The lowest BCUT2D eigenvalue weighted by Gasteiger charge is -2.03. The van der Waals surface area contributed by atoms with Gasteiger partial charge in [0.05, 0.1) is 0 Å². The van der Waals surface area contributed by atoms with Crippen molar-refractivity contribution in [2.45, 2.75) is 0 Å². The van der Waals surface area contributed by atoms with Gasteiger partial charge in [0.1, 0.15) is 17.0 Å². The van der Waals surface area contributed by atoms with Crippen molar-refractivity contribution in [1.29, 1.82) is 0 Å². The maximum absolute atomic E-state index is 9.80. The Hall–Kier alpha value is -2.81. The number of fused-ring (bicyclic) bond motifs is 1. The minimum absolute atomic E-state index is 0.183. The summed E-state index contributed by atoms with van der Waals surface area (Å²) >= 11 is 0. The quantitative estimate of drug-likeness (QED) is 0.691. The molecule has 3 aromatic rings. The van der Waals surface area contributed by atoms with Gasteiger partial charge in [-0.3, -0.25) is 4.98 Å². The second kappa shape index (κ2) is 5.05. The number of aromatic nitrogens is 1. The normalized spacial score (nSPS) is 11.2. The molecule has 3 heteroatoms. The van der Waals surface area contributed by atoms with Crippen molar-refractivity contribution < 1.29 is 10.2 Å². The number of benzene rings is 2. The third-order valence-corrected chi connectivity index (χ3v) is 3.13. The maximum Gasteiger partial charge on any atom is 0.141 e. The lowest BCUT2D eigenvalue weighted by atomic mass is 10.1. The molecular formula is C17H13NO2. The highest BCUT2D eigenvalue weighted by Gasteiger charge is 2.03. The molecule has 2 aromatic carbocycles. The summed E-state index contributed by atoms with van der Waals surface area (Å²) in [4.78, 5) is 4.19. The summed E-state index contributed by atoms with van der Waals surface area (Å²) in [7, 11) is 0. The fraction of sp³-hybridized carbons (Fsp3) is 0. The molecular weight excluding hydrogens is 250 g/mol. The van der Waals surface area contributed by atoms with Gasteiger partial charge in [-0.05, 0) is 35.4 Å². The summed E-state index contributed by atoms with van der Waals surface area (Å²) in [5.41, 5.74) is 2.58. The minimum atomic E-state index is 0.183. The molecule has 20 heavy (non-hydrogen) atoms. The monoisotopic (exact) mass is 263 g/mol. The standard InChI is InChI=1S/C17H13NO2/c19-14-8-4-12(5-9-14)3-6-13-7-10-16(20)17-15(13)2-1-11-18-17/h1-11,19-20H. The minimum Gasteiger partial charge on any atom is -0.508 e. The van der Waals surface area contributed by atoms with Gasteiger partial charge in [-0.1, -0.05) is 36.4 Å². The summed E-state index contributed by atoms with van der Waals surface area (Å²) in [5, 5.41) is 20.0. The second-order valence-electron chi connectivity index (χ2n) is 4.50. The molecule has 0 aliphatic heterocycles. The third kappa shape index (κ3) is 2.34. The van der Waals surface area contributed by atoms with Crippen LogP contribution in [0.5, 0.6) is 11.5 Å². The number of rotatable bonds is 2. The van der Waals surface area contributed by atoms with E-state index in [1.165, 1.54) is 0 Å². The fourth-order valence-corrected chi connectivity index (χ4v) is 2.10. The van der Waals surface area contributed by atoms with Crippen molar-refractivity contribution in [1.82, 2.24) is 4.98 Å². The Balaban J connectivity index is 2.03. The van der Waals surface area contributed by atoms with Crippen LogP contribution in [0.4, 0.5) is 0 Å². The van der Waals surface area contributed by atoms with E-state index in [0.29, 0.717) is 5.52 Å². The highest BCUT2D eigenvalue weighted by molar-refractivity contribution is 5.93. The molecule has 1 heterocycles. The highest BCUT2D eigenvalue weighted by Crippen LogP contribution is 2.26. The zero-order valence-corrected chi connectivity index (χ0v) is 10.7. The lowest BCUT2D eigenvalue weighted by molar-refractivity contribution is 0.475. The molecule has 0 fully saturated rings. The Labute approximate surface area is 116 Å². The van der Waals surface area contributed by atoms with Crippen LogP contribution in [0, 0.1) is 0 Å². The van der Waals surface area contributed by atoms with E-state index >= 15 is 0 Å². The van der Waals surface area contributed by atoms with Crippen LogP contribution in [-0.4, -0.2) is 15.2 Å². The summed E-state index contributed by atoms with van der Waals surface area (Å²) in [5.74, 6) is 0.434. The van der Waals surface area contributed by atoms with E-state index < -0.39 is 0 Å². The average Bonchev–Trinajstić information content (AvgIpc) is 2.49. The molecule has 1 aromatic heterocycles. The number of pyridine rings is 1. The van der Waals surface area contributed by atoms with Crippen molar-refractivity contribution in [3.05, 3.63) is 65.9 Å². The molecule has 2 N–H and O–H groups in total. The van der Waals surface area contributed by atoms with E-state index in [-0.39, 0.29) is 11.5 Å². The molecule has 0 spiro atoms. The van der Waals surface area contributed by atoms with Gasteiger partial charge in [0.2, 0.25) is 0 Å². The Morgan fingerprint density at radius 2 is 1.65 bits per heavy atom. The Morgan fingerprint density at radius 3 is 2.45 bits per heavy atom. The van der Waals surface area contributed by atoms with Crippen LogP contribution in [0.15, 0.2) is 54.7 Å². The number of hydrogen-bond donors (Lipinski definition) is 2. The molecule has 0 bridgehead atoms. The number of phenols is 2. The first-order chi connectivity index (χ1) is 9.74. The zero-order valence-electron chi connectivity index (χ0n) is 10.7. The topological polar surface area (TPSA) is 53.4 Å². The van der Waals surface area contributed by atoms with Crippen molar-refractivity contribution in [2.75, 3.05) is 0 Å². The van der Waals surface area contributed by atoms with Gasteiger partial charge in [-0.25, -0.2) is 0 Å². The zero-order chi connectivity index (χ0) is 13.9. The van der Waals surface area contributed by atoms with E-state index in [9.17, 15) is 10.2 Å². The molecule has 0 radical (unpaired) electrons. The van der Waals surface area contributed by atoms with E-state index in [1.54, 1.807) is 24.4 Å². The molecule has 0 atom stereocenters. The van der Waals surface area contributed by atoms with E-state index in [0.717, 1.165) is 16.5 Å². The lowest BCUT2D eigenvalue weighted by Crippen LogP contribution is -1.82.